The number of imide groups is 1. The molecule has 3 unspecified atom stereocenters. The van der Waals surface area contributed by atoms with E-state index >= 15 is 0 Å². The minimum atomic E-state index is -1.37. The van der Waals surface area contributed by atoms with Gasteiger partial charge in [-0.15, -0.1) is 0 Å². The van der Waals surface area contributed by atoms with Gasteiger partial charge in [0.05, 0.1) is 12.9 Å². The summed E-state index contributed by atoms with van der Waals surface area (Å²) < 4.78 is -0.160. The second-order valence-electron chi connectivity index (χ2n) is 11.6. The number of aliphatic carboxylic acids is 1. The van der Waals surface area contributed by atoms with Crippen molar-refractivity contribution in [2.45, 2.75) is 59.0 Å². The van der Waals surface area contributed by atoms with Crippen LogP contribution in [0.5, 0.6) is 0 Å². The van der Waals surface area contributed by atoms with Gasteiger partial charge in [0.15, 0.2) is 6.17 Å². The van der Waals surface area contributed by atoms with Crippen molar-refractivity contribution in [2.24, 2.45) is 11.8 Å². The monoisotopic (exact) mass is 574 g/mol. The van der Waals surface area contributed by atoms with Crippen LogP contribution >= 0.6 is 0 Å². The number of carbonyl (C=O) groups is 3. The van der Waals surface area contributed by atoms with Crippen LogP contribution in [0.4, 0.5) is 10.6 Å². The van der Waals surface area contributed by atoms with Crippen molar-refractivity contribution in [1.29, 1.82) is 0 Å². The SMILES string of the molecule is CCC(CC(N(CC)CC)[N+]1(CC(C)C)C(=O)N(C)C(=O)c2nc[nH]c21)C(C(=O)O)(c1ccccc1)c1ccccc1. The number of aromatic nitrogens is 2. The van der Waals surface area contributed by atoms with Crippen molar-refractivity contribution in [3.05, 3.63) is 83.8 Å². The largest absolute Gasteiger partial charge is 0.480 e. The number of carboxylic acids is 1. The van der Waals surface area contributed by atoms with Crippen LogP contribution in [-0.4, -0.2) is 75.6 Å². The van der Waals surface area contributed by atoms with Crippen molar-refractivity contribution >= 4 is 23.7 Å². The minimum Gasteiger partial charge on any atom is -0.480 e. The number of hydrogen-bond donors (Lipinski definition) is 2. The quantitative estimate of drug-likeness (QED) is 0.253. The van der Waals surface area contributed by atoms with Gasteiger partial charge in [0, 0.05) is 32.5 Å². The van der Waals surface area contributed by atoms with E-state index in [-0.39, 0.29) is 22.1 Å². The zero-order valence-electron chi connectivity index (χ0n) is 25.6. The molecule has 4 rings (SSSR count). The van der Waals surface area contributed by atoms with Crippen molar-refractivity contribution in [3.63, 3.8) is 0 Å². The number of fused-ring (bicyclic) bond motifs is 1. The number of H-pyrrole nitrogens is 1. The maximum atomic E-state index is 14.5. The number of carboxylic acid groups (broad SMARTS) is 1. The van der Waals surface area contributed by atoms with Crippen molar-refractivity contribution in [3.8, 4) is 0 Å². The summed E-state index contributed by atoms with van der Waals surface area (Å²) in [6.07, 6.45) is 1.94. The van der Waals surface area contributed by atoms with E-state index in [4.69, 9.17) is 0 Å². The molecule has 9 heteroatoms. The second kappa shape index (κ2) is 12.6. The Hall–Kier alpha value is -3.82. The number of benzene rings is 2. The van der Waals surface area contributed by atoms with Crippen molar-refractivity contribution < 1.29 is 19.5 Å². The average Bonchev–Trinajstić information content (AvgIpc) is 3.49. The Labute approximate surface area is 248 Å². The van der Waals surface area contributed by atoms with Gasteiger partial charge >= 0.3 is 12.0 Å². The molecule has 0 aliphatic carbocycles. The summed E-state index contributed by atoms with van der Waals surface area (Å²) in [4.78, 5) is 52.4. The summed E-state index contributed by atoms with van der Waals surface area (Å²) in [5, 5.41) is 11.2. The van der Waals surface area contributed by atoms with Crippen LogP contribution in [0.15, 0.2) is 67.0 Å². The molecule has 9 nitrogen and oxygen atoms in total. The van der Waals surface area contributed by atoms with Gasteiger partial charge in [0.25, 0.3) is 5.91 Å². The predicted octanol–water partition coefficient (Wildman–Crippen LogP) is 5.73. The molecule has 0 bridgehead atoms. The summed E-state index contributed by atoms with van der Waals surface area (Å²) in [6.45, 7) is 12.0. The fraction of sp³-hybridized carbons (Fsp3) is 0.455. The highest BCUT2D eigenvalue weighted by molar-refractivity contribution is 6.13. The number of hydrogen-bond acceptors (Lipinski definition) is 5. The molecule has 0 fully saturated rings. The third kappa shape index (κ3) is 4.94. The van der Waals surface area contributed by atoms with E-state index in [2.05, 4.69) is 42.6 Å². The molecule has 0 spiro atoms. The van der Waals surface area contributed by atoms with Crippen molar-refractivity contribution in [2.75, 3.05) is 26.7 Å². The van der Waals surface area contributed by atoms with Gasteiger partial charge in [-0.3, -0.25) is 19.5 Å². The molecular weight excluding hydrogens is 530 g/mol. The van der Waals surface area contributed by atoms with Gasteiger partial charge in [0.2, 0.25) is 11.5 Å². The molecule has 3 aromatic rings. The highest BCUT2D eigenvalue weighted by Crippen LogP contribution is 2.47. The third-order valence-electron chi connectivity index (χ3n) is 8.95. The van der Waals surface area contributed by atoms with Gasteiger partial charge < -0.3 is 5.11 Å². The smallest absolute Gasteiger partial charge is 0.433 e. The zero-order chi connectivity index (χ0) is 30.7. The molecule has 224 valence electrons. The molecule has 3 atom stereocenters. The lowest BCUT2D eigenvalue weighted by molar-refractivity contribution is -0.145. The number of quaternary nitrogens is 1. The number of amides is 3. The van der Waals surface area contributed by atoms with E-state index in [0.29, 0.717) is 49.4 Å². The van der Waals surface area contributed by atoms with Gasteiger partial charge in [0.1, 0.15) is 5.41 Å². The lowest BCUT2D eigenvalue weighted by Crippen LogP contribution is -2.73. The number of urea groups is 1. The Morgan fingerprint density at radius 2 is 1.55 bits per heavy atom. The molecule has 3 amide bonds. The van der Waals surface area contributed by atoms with E-state index < -0.39 is 29.4 Å². The summed E-state index contributed by atoms with van der Waals surface area (Å²) in [7, 11) is 1.52. The molecule has 0 radical (unpaired) electrons. The molecule has 1 aromatic heterocycles. The normalized spacial score (nSPS) is 18.8. The average molecular weight is 575 g/mol. The number of imidazole rings is 1. The number of carbonyl (C=O) groups excluding carboxylic acids is 2. The van der Waals surface area contributed by atoms with Gasteiger partial charge in [-0.2, -0.15) is 4.48 Å². The number of aromatic amines is 1. The van der Waals surface area contributed by atoms with E-state index in [1.807, 2.05) is 67.6 Å². The molecule has 2 N–H and O–H groups in total. The molecule has 2 aromatic carbocycles. The van der Waals surface area contributed by atoms with E-state index in [1.54, 1.807) is 0 Å². The minimum absolute atomic E-state index is 0.0809. The molecule has 0 saturated heterocycles. The lowest BCUT2D eigenvalue weighted by Gasteiger charge is -2.50. The number of rotatable bonds is 13. The van der Waals surface area contributed by atoms with E-state index in [9.17, 15) is 19.5 Å². The third-order valence-corrected chi connectivity index (χ3v) is 8.95. The Balaban J connectivity index is 2.02. The highest BCUT2D eigenvalue weighted by atomic mass is 16.4. The lowest BCUT2D eigenvalue weighted by atomic mass is 9.63. The Morgan fingerprint density at radius 3 is 2.00 bits per heavy atom. The van der Waals surface area contributed by atoms with Crippen LogP contribution in [0.3, 0.4) is 0 Å². The summed E-state index contributed by atoms with van der Waals surface area (Å²) in [6, 6.07) is 18.5. The van der Waals surface area contributed by atoms with Crippen molar-refractivity contribution in [1.82, 2.24) is 24.3 Å². The Kier molecular flexibility index (Phi) is 9.33. The van der Waals surface area contributed by atoms with Crippen LogP contribution in [0.1, 0.15) is 69.1 Å². The van der Waals surface area contributed by atoms with Crippen LogP contribution < -0.4 is 4.48 Å². The molecule has 2 heterocycles. The van der Waals surface area contributed by atoms with Crippen LogP contribution in [0.25, 0.3) is 0 Å². The maximum absolute atomic E-state index is 14.5. The molecule has 1 aliphatic rings. The van der Waals surface area contributed by atoms with Crippen LogP contribution in [0.2, 0.25) is 0 Å². The summed E-state index contributed by atoms with van der Waals surface area (Å²) >= 11 is 0. The zero-order valence-corrected chi connectivity index (χ0v) is 25.6. The molecule has 0 saturated carbocycles. The number of nitrogens with zero attached hydrogens (tertiary/aromatic N) is 4. The van der Waals surface area contributed by atoms with Crippen LogP contribution in [-0.2, 0) is 10.2 Å². The van der Waals surface area contributed by atoms with E-state index in [0.717, 1.165) is 0 Å². The fourth-order valence-electron chi connectivity index (χ4n) is 7.12. The standard InChI is InChI=1S/C33H43N5O4/c1-7-24(33(31(40)41,25-16-12-10-13-17-25)26-18-14-11-15-19-26)20-27(37(8-2)9-3)38(21-23(4)5)29-28(34-22-35-29)30(39)36(6)32(38)42/h10-19,22-24,27H,7-9,20-21H2,1-6H3,(H-,34,35,39,40,41)/p+1. The predicted molar refractivity (Wildman–Crippen MR) is 164 cm³/mol. The molecule has 1 aliphatic heterocycles. The maximum Gasteiger partial charge on any atom is 0.433 e. The summed E-state index contributed by atoms with van der Waals surface area (Å²) in [5.74, 6) is -1.22. The van der Waals surface area contributed by atoms with Gasteiger partial charge in [-0.1, -0.05) is 102 Å². The Bertz CT molecular complexity index is 1350. The first-order chi connectivity index (χ1) is 20.1. The summed E-state index contributed by atoms with van der Waals surface area (Å²) in [5.41, 5.74) is 0.257. The molecule has 42 heavy (non-hydrogen) atoms. The first-order valence-corrected chi connectivity index (χ1v) is 14.9. The second-order valence-corrected chi connectivity index (χ2v) is 11.6. The number of nitrogens with one attached hydrogen (secondary N) is 1. The van der Waals surface area contributed by atoms with Gasteiger partial charge in [-0.05, 0) is 17.0 Å². The fourth-order valence-corrected chi connectivity index (χ4v) is 7.12. The highest BCUT2D eigenvalue weighted by Gasteiger charge is 2.60. The van der Waals surface area contributed by atoms with Crippen LogP contribution in [0, 0.1) is 11.8 Å². The van der Waals surface area contributed by atoms with E-state index in [1.165, 1.54) is 18.3 Å². The Morgan fingerprint density at radius 1 is 1.00 bits per heavy atom. The first kappa shape index (κ1) is 31.1. The molecular formula is C33H44N5O4+. The first-order valence-electron chi connectivity index (χ1n) is 14.9. The van der Waals surface area contributed by atoms with Gasteiger partial charge in [-0.25, -0.2) is 14.7 Å². The topological polar surface area (TPSA) is 107 Å².